The molecule has 1 aliphatic rings. The number of cyclic esters (lactones) is 1. The number of nitrogens with zero attached hydrogens (tertiary/aromatic N) is 1. The van der Waals surface area contributed by atoms with Crippen LogP contribution in [0.25, 0.3) is 0 Å². The Morgan fingerprint density at radius 3 is 2.82 bits per heavy atom. The van der Waals surface area contributed by atoms with E-state index in [0.29, 0.717) is 19.1 Å². The van der Waals surface area contributed by atoms with E-state index in [1.807, 2.05) is 14.1 Å². The zero-order valence-electron chi connectivity index (χ0n) is 7.17. The fraction of sp³-hybridized carbons (Fsp3) is 0.875. The minimum atomic E-state index is -0.0469. The van der Waals surface area contributed by atoms with Crippen molar-refractivity contribution < 1.29 is 9.53 Å². The van der Waals surface area contributed by atoms with Crippen molar-refractivity contribution in [3.05, 3.63) is 0 Å². The second-order valence-corrected chi connectivity index (χ2v) is 3.17. The van der Waals surface area contributed by atoms with Gasteiger partial charge < -0.3 is 9.64 Å². The van der Waals surface area contributed by atoms with E-state index in [9.17, 15) is 4.79 Å². The van der Waals surface area contributed by atoms with E-state index < -0.39 is 0 Å². The molecular weight excluding hydrogens is 142 g/mol. The van der Waals surface area contributed by atoms with E-state index in [0.717, 1.165) is 12.8 Å². The highest BCUT2D eigenvalue weighted by atomic mass is 16.5. The molecule has 64 valence electrons. The number of hydrogen-bond acceptors (Lipinski definition) is 3. The summed E-state index contributed by atoms with van der Waals surface area (Å²) in [6, 6.07) is 0.515. The highest BCUT2D eigenvalue weighted by Crippen LogP contribution is 2.12. The summed E-state index contributed by atoms with van der Waals surface area (Å²) < 4.78 is 4.92. The molecule has 0 spiro atoms. The van der Waals surface area contributed by atoms with Gasteiger partial charge >= 0.3 is 5.97 Å². The van der Waals surface area contributed by atoms with Crippen LogP contribution in [0.4, 0.5) is 0 Å². The molecular formula is C8H15NO2. The Bertz CT molecular complexity index is 145. The largest absolute Gasteiger partial charge is 0.466 e. The molecule has 3 heteroatoms. The van der Waals surface area contributed by atoms with Crippen LogP contribution in [0.3, 0.4) is 0 Å². The van der Waals surface area contributed by atoms with Crippen LogP contribution in [0.5, 0.6) is 0 Å². The van der Waals surface area contributed by atoms with Crippen LogP contribution in [0, 0.1) is 0 Å². The first kappa shape index (κ1) is 8.53. The van der Waals surface area contributed by atoms with Crippen molar-refractivity contribution in [3.8, 4) is 0 Å². The Hall–Kier alpha value is -0.570. The zero-order valence-corrected chi connectivity index (χ0v) is 7.17. The third-order valence-corrected chi connectivity index (χ3v) is 2.13. The van der Waals surface area contributed by atoms with Gasteiger partial charge in [0.2, 0.25) is 0 Å². The molecule has 0 saturated carbocycles. The maximum absolute atomic E-state index is 10.8. The van der Waals surface area contributed by atoms with Crippen molar-refractivity contribution in [1.29, 1.82) is 0 Å². The van der Waals surface area contributed by atoms with Crippen molar-refractivity contribution in [3.63, 3.8) is 0 Å². The monoisotopic (exact) mass is 157 g/mol. The van der Waals surface area contributed by atoms with Crippen molar-refractivity contribution in [2.24, 2.45) is 0 Å². The van der Waals surface area contributed by atoms with Gasteiger partial charge in [0.25, 0.3) is 0 Å². The molecule has 1 rings (SSSR count). The standard InChI is InChI=1S/C8H15NO2/c1-9(2)7-3-4-8(10)11-6-5-7/h7H,3-6H2,1-2H3. The minimum Gasteiger partial charge on any atom is -0.466 e. The average molecular weight is 157 g/mol. The molecule has 0 aromatic heterocycles. The molecule has 1 unspecified atom stereocenters. The number of carbonyl (C=O) groups excluding carboxylic acids is 1. The number of rotatable bonds is 1. The van der Waals surface area contributed by atoms with E-state index in [1.165, 1.54) is 0 Å². The molecule has 0 aliphatic carbocycles. The van der Waals surface area contributed by atoms with E-state index >= 15 is 0 Å². The Morgan fingerprint density at radius 2 is 2.18 bits per heavy atom. The summed E-state index contributed by atoms with van der Waals surface area (Å²) in [6.07, 6.45) is 2.48. The molecule has 0 aromatic carbocycles. The molecule has 1 heterocycles. The summed E-state index contributed by atoms with van der Waals surface area (Å²) in [5.41, 5.74) is 0. The predicted octanol–water partition coefficient (Wildman–Crippen LogP) is 0.644. The molecule has 1 aliphatic heterocycles. The quantitative estimate of drug-likeness (QED) is 0.523. The number of hydrogen-bond donors (Lipinski definition) is 0. The van der Waals surface area contributed by atoms with Crippen LogP contribution >= 0.6 is 0 Å². The van der Waals surface area contributed by atoms with Gasteiger partial charge in [-0.25, -0.2) is 0 Å². The lowest BCUT2D eigenvalue weighted by atomic mass is 10.1. The van der Waals surface area contributed by atoms with Crippen molar-refractivity contribution in [2.75, 3.05) is 20.7 Å². The number of carbonyl (C=O) groups is 1. The highest BCUT2D eigenvalue weighted by molar-refractivity contribution is 5.69. The molecule has 0 bridgehead atoms. The van der Waals surface area contributed by atoms with Crippen LogP contribution < -0.4 is 0 Å². The Balaban J connectivity index is 2.40. The first-order chi connectivity index (χ1) is 5.20. The van der Waals surface area contributed by atoms with E-state index in [1.54, 1.807) is 0 Å². The van der Waals surface area contributed by atoms with Crippen LogP contribution in [0.2, 0.25) is 0 Å². The van der Waals surface area contributed by atoms with Crippen LogP contribution in [-0.4, -0.2) is 37.6 Å². The van der Waals surface area contributed by atoms with Crippen molar-refractivity contribution in [1.82, 2.24) is 4.90 Å². The molecule has 1 fully saturated rings. The van der Waals surface area contributed by atoms with Gasteiger partial charge in [-0.05, 0) is 26.9 Å². The lowest BCUT2D eigenvalue weighted by Gasteiger charge is -2.20. The Morgan fingerprint density at radius 1 is 1.45 bits per heavy atom. The first-order valence-corrected chi connectivity index (χ1v) is 4.02. The molecule has 11 heavy (non-hydrogen) atoms. The zero-order chi connectivity index (χ0) is 8.27. The van der Waals surface area contributed by atoms with E-state index in [2.05, 4.69) is 4.90 Å². The third kappa shape index (κ3) is 2.50. The van der Waals surface area contributed by atoms with Gasteiger partial charge in [0.05, 0.1) is 6.61 Å². The second-order valence-electron chi connectivity index (χ2n) is 3.17. The van der Waals surface area contributed by atoms with Crippen molar-refractivity contribution in [2.45, 2.75) is 25.3 Å². The van der Waals surface area contributed by atoms with Crippen LogP contribution in [0.1, 0.15) is 19.3 Å². The molecule has 1 atom stereocenters. The molecule has 0 radical (unpaired) electrons. The van der Waals surface area contributed by atoms with E-state index in [4.69, 9.17) is 4.74 Å². The Labute approximate surface area is 67.3 Å². The maximum atomic E-state index is 10.8. The predicted molar refractivity (Wildman–Crippen MR) is 42.3 cm³/mol. The summed E-state index contributed by atoms with van der Waals surface area (Å²) in [5.74, 6) is -0.0469. The topological polar surface area (TPSA) is 29.5 Å². The van der Waals surface area contributed by atoms with Gasteiger partial charge in [-0.15, -0.1) is 0 Å². The molecule has 0 amide bonds. The van der Waals surface area contributed by atoms with Gasteiger partial charge in [-0.3, -0.25) is 4.79 Å². The van der Waals surface area contributed by atoms with Gasteiger partial charge in [0.1, 0.15) is 0 Å². The number of esters is 1. The third-order valence-electron chi connectivity index (χ3n) is 2.13. The van der Waals surface area contributed by atoms with Crippen LogP contribution in [0.15, 0.2) is 0 Å². The maximum Gasteiger partial charge on any atom is 0.305 e. The number of ether oxygens (including phenoxy) is 1. The highest BCUT2D eigenvalue weighted by Gasteiger charge is 2.18. The lowest BCUT2D eigenvalue weighted by Crippen LogP contribution is -2.27. The molecule has 3 nitrogen and oxygen atoms in total. The summed E-state index contributed by atoms with van der Waals surface area (Å²) in [5, 5.41) is 0. The summed E-state index contributed by atoms with van der Waals surface area (Å²) >= 11 is 0. The summed E-state index contributed by atoms with van der Waals surface area (Å²) in [6.45, 7) is 0.585. The second kappa shape index (κ2) is 3.72. The smallest absolute Gasteiger partial charge is 0.305 e. The van der Waals surface area contributed by atoms with Gasteiger partial charge in [-0.1, -0.05) is 0 Å². The minimum absolute atomic E-state index is 0.0469. The van der Waals surface area contributed by atoms with Gasteiger partial charge in [0.15, 0.2) is 0 Å². The Kier molecular flexibility index (Phi) is 2.88. The molecule has 0 aromatic rings. The SMILES string of the molecule is CN(C)C1CCOC(=O)CC1. The molecule has 1 saturated heterocycles. The molecule has 0 N–H and O–H groups in total. The van der Waals surface area contributed by atoms with E-state index in [-0.39, 0.29) is 5.97 Å². The normalized spacial score (nSPS) is 26.5. The van der Waals surface area contributed by atoms with Crippen LogP contribution in [-0.2, 0) is 9.53 Å². The average Bonchev–Trinajstić information content (AvgIpc) is 2.13. The van der Waals surface area contributed by atoms with Gasteiger partial charge in [0, 0.05) is 12.5 Å². The van der Waals surface area contributed by atoms with Gasteiger partial charge in [-0.2, -0.15) is 0 Å². The first-order valence-electron chi connectivity index (χ1n) is 4.02. The fourth-order valence-electron chi connectivity index (χ4n) is 1.33. The lowest BCUT2D eigenvalue weighted by molar-refractivity contribution is -0.142. The summed E-state index contributed by atoms with van der Waals surface area (Å²) in [4.78, 5) is 13.0. The fourth-order valence-corrected chi connectivity index (χ4v) is 1.33. The summed E-state index contributed by atoms with van der Waals surface area (Å²) in [7, 11) is 4.08. The van der Waals surface area contributed by atoms with Crippen molar-refractivity contribution >= 4 is 5.97 Å².